The topological polar surface area (TPSA) is 120 Å². The molecule has 3 rings (SSSR count). The van der Waals surface area contributed by atoms with Gasteiger partial charge < -0.3 is 9.57 Å². The first-order chi connectivity index (χ1) is 12.5. The van der Waals surface area contributed by atoms with Gasteiger partial charge >= 0.3 is 5.97 Å². The summed E-state index contributed by atoms with van der Waals surface area (Å²) in [5, 5.41) is 20.5. The molecule has 2 aromatic heterocycles. The summed E-state index contributed by atoms with van der Waals surface area (Å²) in [6.45, 7) is 2.95. The summed E-state index contributed by atoms with van der Waals surface area (Å²) in [7, 11) is 0. The van der Waals surface area contributed by atoms with Gasteiger partial charge in [0.05, 0.1) is 12.2 Å². The van der Waals surface area contributed by atoms with Crippen molar-refractivity contribution >= 4 is 22.4 Å². The summed E-state index contributed by atoms with van der Waals surface area (Å²) in [6.07, 6.45) is 0. The molecule has 132 valence electrons. The highest BCUT2D eigenvalue weighted by Crippen LogP contribution is 2.29. The van der Waals surface area contributed by atoms with Gasteiger partial charge in [-0.15, -0.1) is 10.1 Å². The number of aryl methyl sites for hydroxylation is 1. The molecule has 0 radical (unpaired) electrons. The van der Waals surface area contributed by atoms with Gasteiger partial charge in [-0.25, -0.2) is 9.78 Å². The van der Waals surface area contributed by atoms with Gasteiger partial charge in [-0.3, -0.25) is 4.40 Å². The summed E-state index contributed by atoms with van der Waals surface area (Å²) in [5.74, 6) is -0.691. The highest BCUT2D eigenvalue weighted by molar-refractivity contribution is 6.01. The standard InChI is InChI=1S/C17H14N4O5/c1-3-25-17(22)15-14(9-26-21(23)24)19-16-12-7-5-4-6-11(12)13(8-18)10(2)20(15)16/h4-7H,3,9H2,1-2H3. The minimum absolute atomic E-state index is 0.0171. The fourth-order valence-electron chi connectivity index (χ4n) is 2.94. The first kappa shape index (κ1) is 17.2. The van der Waals surface area contributed by atoms with Crippen molar-refractivity contribution in [3.05, 3.63) is 57.0 Å². The van der Waals surface area contributed by atoms with E-state index in [-0.39, 0.29) is 18.0 Å². The number of nitrogens with zero attached hydrogens (tertiary/aromatic N) is 4. The van der Waals surface area contributed by atoms with Crippen LogP contribution in [0.1, 0.15) is 34.4 Å². The molecule has 9 heteroatoms. The summed E-state index contributed by atoms with van der Waals surface area (Å²) in [6, 6.07) is 9.28. The first-order valence-corrected chi connectivity index (χ1v) is 7.76. The van der Waals surface area contributed by atoms with E-state index in [1.165, 1.54) is 4.40 Å². The minimum atomic E-state index is -0.954. The van der Waals surface area contributed by atoms with E-state index in [4.69, 9.17) is 4.74 Å². The van der Waals surface area contributed by atoms with E-state index in [1.807, 2.05) is 0 Å². The third kappa shape index (κ3) is 2.67. The number of carbonyl (C=O) groups is 1. The molecule has 0 fully saturated rings. The number of ether oxygens (including phenoxy) is 1. The van der Waals surface area contributed by atoms with Crippen molar-refractivity contribution in [3.63, 3.8) is 0 Å². The summed E-state index contributed by atoms with van der Waals surface area (Å²) in [4.78, 5) is 31.8. The van der Waals surface area contributed by atoms with E-state index in [1.54, 1.807) is 38.1 Å². The largest absolute Gasteiger partial charge is 0.461 e. The average Bonchev–Trinajstić information content (AvgIpc) is 3.01. The van der Waals surface area contributed by atoms with Crippen LogP contribution in [0.4, 0.5) is 0 Å². The maximum Gasteiger partial charge on any atom is 0.357 e. The van der Waals surface area contributed by atoms with E-state index in [2.05, 4.69) is 15.9 Å². The van der Waals surface area contributed by atoms with Gasteiger partial charge in [0.2, 0.25) is 0 Å². The molecular formula is C17H14N4O5. The fraction of sp³-hybridized carbons (Fsp3) is 0.235. The van der Waals surface area contributed by atoms with Crippen LogP contribution >= 0.6 is 0 Å². The molecule has 1 aromatic carbocycles. The van der Waals surface area contributed by atoms with Gasteiger partial charge in [-0.05, 0) is 13.8 Å². The molecule has 0 aliphatic rings. The molecule has 2 heterocycles. The normalized spacial score (nSPS) is 10.7. The third-order valence-electron chi connectivity index (χ3n) is 3.97. The van der Waals surface area contributed by atoms with E-state index in [9.17, 15) is 20.2 Å². The van der Waals surface area contributed by atoms with Crippen molar-refractivity contribution < 1.29 is 19.5 Å². The monoisotopic (exact) mass is 354 g/mol. The minimum Gasteiger partial charge on any atom is -0.461 e. The molecule has 0 atom stereocenters. The lowest BCUT2D eigenvalue weighted by Gasteiger charge is -2.11. The van der Waals surface area contributed by atoms with Crippen LogP contribution in [0.2, 0.25) is 0 Å². The van der Waals surface area contributed by atoms with E-state index < -0.39 is 17.7 Å². The van der Waals surface area contributed by atoms with Crippen LogP contribution in [-0.4, -0.2) is 27.0 Å². The number of esters is 1. The molecule has 0 saturated heterocycles. The van der Waals surface area contributed by atoms with Crippen molar-refractivity contribution in [3.8, 4) is 6.07 Å². The molecule has 26 heavy (non-hydrogen) atoms. The van der Waals surface area contributed by atoms with Crippen LogP contribution in [0.5, 0.6) is 0 Å². The number of imidazole rings is 1. The van der Waals surface area contributed by atoms with E-state index in [0.717, 1.165) is 0 Å². The smallest absolute Gasteiger partial charge is 0.357 e. The van der Waals surface area contributed by atoms with E-state index in [0.29, 0.717) is 27.7 Å². The van der Waals surface area contributed by atoms with Gasteiger partial charge in [0.25, 0.3) is 5.09 Å². The van der Waals surface area contributed by atoms with Gasteiger partial charge in [0.1, 0.15) is 24.0 Å². The molecule has 0 N–H and O–H groups in total. The number of benzene rings is 1. The number of hydrogen-bond acceptors (Lipinski definition) is 7. The van der Waals surface area contributed by atoms with Crippen molar-refractivity contribution in [2.75, 3.05) is 6.61 Å². The number of fused-ring (bicyclic) bond motifs is 3. The Morgan fingerprint density at radius 1 is 1.38 bits per heavy atom. The molecule has 0 bridgehead atoms. The third-order valence-corrected chi connectivity index (χ3v) is 3.97. The zero-order chi connectivity index (χ0) is 18.8. The Bertz CT molecular complexity index is 1080. The second kappa shape index (κ2) is 6.68. The fourth-order valence-corrected chi connectivity index (χ4v) is 2.94. The zero-order valence-corrected chi connectivity index (χ0v) is 14.1. The van der Waals surface area contributed by atoms with Gasteiger partial charge in [-0.2, -0.15) is 5.26 Å². The molecule has 9 nitrogen and oxygen atoms in total. The van der Waals surface area contributed by atoms with Crippen LogP contribution in [-0.2, 0) is 16.2 Å². The molecule has 0 aliphatic heterocycles. The average molecular weight is 354 g/mol. The number of pyridine rings is 1. The Hall–Kier alpha value is -3.67. The van der Waals surface area contributed by atoms with Crippen LogP contribution in [0.3, 0.4) is 0 Å². The highest BCUT2D eigenvalue weighted by atomic mass is 16.9. The molecule has 3 aromatic rings. The molecule has 0 aliphatic carbocycles. The van der Waals surface area contributed by atoms with Crippen molar-refractivity contribution in [1.82, 2.24) is 9.38 Å². The lowest BCUT2D eigenvalue weighted by Crippen LogP contribution is -2.14. The Labute approximate surface area is 147 Å². The number of rotatable bonds is 5. The van der Waals surface area contributed by atoms with Gasteiger partial charge in [0, 0.05) is 16.5 Å². The highest BCUT2D eigenvalue weighted by Gasteiger charge is 2.25. The quantitative estimate of drug-likeness (QED) is 0.392. The SMILES string of the molecule is CCOC(=O)c1c(CO[N+](=O)[O-])nc2c3ccccc3c(C#N)c(C)n12. The molecular weight excluding hydrogens is 340 g/mol. The predicted molar refractivity (Wildman–Crippen MR) is 89.9 cm³/mol. The van der Waals surface area contributed by atoms with Crippen molar-refractivity contribution in [2.45, 2.75) is 20.5 Å². The van der Waals surface area contributed by atoms with Gasteiger partial charge in [0.15, 0.2) is 5.69 Å². The molecule has 0 spiro atoms. The van der Waals surface area contributed by atoms with Crippen LogP contribution in [0.15, 0.2) is 24.3 Å². The van der Waals surface area contributed by atoms with Crippen LogP contribution in [0, 0.1) is 28.4 Å². The number of hydrogen-bond donors (Lipinski definition) is 0. The zero-order valence-electron chi connectivity index (χ0n) is 14.1. The molecule has 0 saturated carbocycles. The maximum atomic E-state index is 12.5. The summed E-state index contributed by atoms with van der Waals surface area (Å²) >= 11 is 0. The predicted octanol–water partition coefficient (Wildman–Crippen LogP) is 2.55. The summed E-state index contributed by atoms with van der Waals surface area (Å²) < 4.78 is 6.57. The Kier molecular flexibility index (Phi) is 4.41. The van der Waals surface area contributed by atoms with Crippen LogP contribution < -0.4 is 0 Å². The van der Waals surface area contributed by atoms with Gasteiger partial charge in [-0.1, -0.05) is 24.3 Å². The molecule has 0 amide bonds. The van der Waals surface area contributed by atoms with Crippen molar-refractivity contribution in [1.29, 1.82) is 5.26 Å². The van der Waals surface area contributed by atoms with E-state index >= 15 is 0 Å². The summed E-state index contributed by atoms with van der Waals surface area (Å²) in [5.41, 5.74) is 1.37. The lowest BCUT2D eigenvalue weighted by molar-refractivity contribution is -0.763. The number of nitriles is 1. The maximum absolute atomic E-state index is 12.5. The molecule has 0 unspecified atom stereocenters. The Morgan fingerprint density at radius 3 is 2.69 bits per heavy atom. The number of aromatic nitrogens is 2. The Morgan fingerprint density at radius 2 is 2.08 bits per heavy atom. The number of carbonyl (C=O) groups excluding carboxylic acids is 1. The Balaban J connectivity index is 2.41. The first-order valence-electron chi connectivity index (χ1n) is 7.76. The second-order valence-electron chi connectivity index (χ2n) is 5.40. The lowest BCUT2D eigenvalue weighted by atomic mass is 10.0. The van der Waals surface area contributed by atoms with Crippen molar-refractivity contribution in [2.24, 2.45) is 0 Å². The second-order valence-corrected chi connectivity index (χ2v) is 5.40. The van der Waals surface area contributed by atoms with Crippen LogP contribution in [0.25, 0.3) is 16.4 Å².